The van der Waals surface area contributed by atoms with Crippen LogP contribution in [0.5, 0.6) is 5.75 Å². The highest BCUT2D eigenvalue weighted by molar-refractivity contribution is 5.88. The Kier molecular flexibility index (Phi) is 5.24. The normalized spacial score (nSPS) is 13.0. The van der Waals surface area contributed by atoms with Crippen molar-refractivity contribution in [1.82, 2.24) is 19.3 Å². The number of ether oxygens (including phenoxy) is 2. The number of hydrogen-bond acceptors (Lipinski definition) is 5. The number of nitrogens with zero attached hydrogens (tertiary/aromatic N) is 4. The Labute approximate surface area is 176 Å². The molecular formula is C21H21F3N4O3. The third-order valence-corrected chi connectivity index (χ3v) is 5.14. The first-order chi connectivity index (χ1) is 14.7. The zero-order chi connectivity index (χ0) is 22.3. The molecule has 0 aliphatic carbocycles. The first kappa shape index (κ1) is 21.0. The molecule has 10 heteroatoms. The number of benzene rings is 1. The average Bonchev–Trinajstić information content (AvgIpc) is 3.29. The van der Waals surface area contributed by atoms with Crippen LogP contribution in [0.4, 0.5) is 13.2 Å². The number of methoxy groups -OCH3 is 1. The van der Waals surface area contributed by atoms with Crippen molar-refractivity contribution in [1.29, 1.82) is 0 Å². The van der Waals surface area contributed by atoms with E-state index in [4.69, 9.17) is 9.47 Å². The Morgan fingerprint density at radius 1 is 1.26 bits per heavy atom. The number of esters is 1. The van der Waals surface area contributed by atoms with Gasteiger partial charge in [-0.3, -0.25) is 4.68 Å². The van der Waals surface area contributed by atoms with Crippen molar-refractivity contribution >= 4 is 5.97 Å². The maximum atomic E-state index is 13.3. The fraction of sp³-hybridized carbons (Fsp3) is 0.381. The third kappa shape index (κ3) is 3.89. The SMILES string of the molecule is CCOC(=O)c1nc(CC(F)(F)F)c2n1CCc1cc(OC)c(-c3ccn(C)n3)cc1-2. The van der Waals surface area contributed by atoms with E-state index in [0.29, 0.717) is 35.5 Å². The molecule has 3 heterocycles. The summed E-state index contributed by atoms with van der Waals surface area (Å²) in [4.78, 5) is 16.4. The van der Waals surface area contributed by atoms with Gasteiger partial charge < -0.3 is 14.0 Å². The molecule has 3 aromatic rings. The number of aromatic nitrogens is 4. The van der Waals surface area contributed by atoms with Crippen molar-refractivity contribution < 1.29 is 27.4 Å². The van der Waals surface area contributed by atoms with Gasteiger partial charge in [-0.05, 0) is 37.1 Å². The summed E-state index contributed by atoms with van der Waals surface area (Å²) < 4.78 is 53.6. The highest BCUT2D eigenvalue weighted by Crippen LogP contribution is 2.41. The molecule has 0 saturated heterocycles. The first-order valence-electron chi connectivity index (χ1n) is 9.76. The van der Waals surface area contributed by atoms with Gasteiger partial charge in [0.25, 0.3) is 0 Å². The fourth-order valence-electron chi connectivity index (χ4n) is 3.90. The number of imidazole rings is 1. The summed E-state index contributed by atoms with van der Waals surface area (Å²) in [7, 11) is 3.31. The lowest BCUT2D eigenvalue weighted by Crippen LogP contribution is -2.19. The predicted molar refractivity (Wildman–Crippen MR) is 106 cm³/mol. The number of carbonyl (C=O) groups is 1. The summed E-state index contributed by atoms with van der Waals surface area (Å²) in [6, 6.07) is 5.38. The number of halogens is 3. The molecule has 0 fully saturated rings. The van der Waals surface area contributed by atoms with E-state index in [2.05, 4.69) is 10.1 Å². The maximum Gasteiger partial charge on any atom is 0.394 e. The Morgan fingerprint density at radius 3 is 2.65 bits per heavy atom. The summed E-state index contributed by atoms with van der Waals surface area (Å²) in [5, 5.41) is 4.39. The van der Waals surface area contributed by atoms with Crippen LogP contribution in [0.1, 0.15) is 28.8 Å². The van der Waals surface area contributed by atoms with Crippen LogP contribution >= 0.6 is 0 Å². The standard InChI is InChI=1S/C21H21F3N4O3/c1-4-31-20(29)19-25-16(11-21(22,23)24)18-13-10-14(15-6-7-27(2)26-15)17(30-3)9-12(13)5-8-28(18)19/h6-7,9-10H,4-5,8,11H2,1-3H3. The van der Waals surface area contributed by atoms with Gasteiger partial charge >= 0.3 is 12.1 Å². The third-order valence-electron chi connectivity index (χ3n) is 5.14. The van der Waals surface area contributed by atoms with Gasteiger partial charge in [0, 0.05) is 30.9 Å². The molecule has 0 N–H and O–H groups in total. The van der Waals surface area contributed by atoms with Crippen LogP contribution in [0.15, 0.2) is 24.4 Å². The smallest absolute Gasteiger partial charge is 0.394 e. The molecule has 0 unspecified atom stereocenters. The molecule has 0 saturated carbocycles. The molecule has 7 nitrogen and oxygen atoms in total. The van der Waals surface area contributed by atoms with Crippen LogP contribution < -0.4 is 4.74 Å². The molecule has 0 spiro atoms. The topological polar surface area (TPSA) is 71.2 Å². The average molecular weight is 434 g/mol. The van der Waals surface area contributed by atoms with Crippen molar-refractivity contribution in [3.8, 4) is 28.3 Å². The fourth-order valence-corrected chi connectivity index (χ4v) is 3.90. The Hall–Kier alpha value is -3.30. The van der Waals surface area contributed by atoms with Gasteiger partial charge in [0.1, 0.15) is 5.75 Å². The molecule has 0 radical (unpaired) electrons. The number of hydrogen-bond donors (Lipinski definition) is 0. The highest BCUT2D eigenvalue weighted by Gasteiger charge is 2.36. The zero-order valence-electron chi connectivity index (χ0n) is 17.3. The molecule has 1 aliphatic heterocycles. The molecule has 164 valence electrons. The Morgan fingerprint density at radius 2 is 2.03 bits per heavy atom. The minimum Gasteiger partial charge on any atom is -0.496 e. The molecule has 0 amide bonds. The number of rotatable bonds is 5. The lowest BCUT2D eigenvalue weighted by atomic mass is 9.93. The summed E-state index contributed by atoms with van der Waals surface area (Å²) in [5.41, 5.74) is 2.75. The summed E-state index contributed by atoms with van der Waals surface area (Å²) in [5.74, 6) is -0.274. The van der Waals surface area contributed by atoms with Gasteiger partial charge in [0.15, 0.2) is 0 Å². The van der Waals surface area contributed by atoms with Gasteiger partial charge in [0.2, 0.25) is 5.82 Å². The number of fused-ring (bicyclic) bond motifs is 3. The van der Waals surface area contributed by atoms with Crippen LogP contribution in [-0.4, -0.2) is 45.2 Å². The largest absolute Gasteiger partial charge is 0.496 e. The summed E-state index contributed by atoms with van der Waals surface area (Å²) in [6.45, 7) is 2.05. The molecule has 2 aromatic heterocycles. The summed E-state index contributed by atoms with van der Waals surface area (Å²) >= 11 is 0. The van der Waals surface area contributed by atoms with Gasteiger partial charge in [-0.15, -0.1) is 0 Å². The quantitative estimate of drug-likeness (QED) is 0.572. The minimum atomic E-state index is -4.48. The van der Waals surface area contributed by atoms with E-state index >= 15 is 0 Å². The van der Waals surface area contributed by atoms with Crippen LogP contribution in [0, 0.1) is 0 Å². The van der Waals surface area contributed by atoms with Crippen LogP contribution in [0.3, 0.4) is 0 Å². The number of alkyl halides is 3. The van der Waals surface area contributed by atoms with E-state index in [1.54, 1.807) is 37.0 Å². The molecule has 31 heavy (non-hydrogen) atoms. The second-order valence-corrected chi connectivity index (χ2v) is 7.23. The maximum absolute atomic E-state index is 13.3. The predicted octanol–water partition coefficient (Wildman–Crippen LogP) is 3.80. The first-order valence-corrected chi connectivity index (χ1v) is 9.76. The van der Waals surface area contributed by atoms with E-state index in [0.717, 1.165) is 5.56 Å². The summed E-state index contributed by atoms with van der Waals surface area (Å²) in [6.07, 6.45) is -3.44. The lowest BCUT2D eigenvalue weighted by molar-refractivity contribution is -0.127. The molecule has 1 aromatic carbocycles. The highest BCUT2D eigenvalue weighted by atomic mass is 19.4. The van der Waals surface area contributed by atoms with Crippen LogP contribution in [0.25, 0.3) is 22.5 Å². The van der Waals surface area contributed by atoms with Gasteiger partial charge in [0.05, 0.1) is 37.2 Å². The minimum absolute atomic E-state index is 0.104. The van der Waals surface area contributed by atoms with Gasteiger partial charge in [-0.25, -0.2) is 9.78 Å². The molecule has 0 bridgehead atoms. The van der Waals surface area contributed by atoms with Crippen molar-refractivity contribution in [2.75, 3.05) is 13.7 Å². The van der Waals surface area contributed by atoms with Crippen molar-refractivity contribution in [3.05, 3.63) is 41.5 Å². The number of aryl methyl sites for hydroxylation is 2. The van der Waals surface area contributed by atoms with E-state index < -0.39 is 18.6 Å². The molecule has 0 atom stereocenters. The number of carbonyl (C=O) groups excluding carboxylic acids is 1. The van der Waals surface area contributed by atoms with E-state index in [9.17, 15) is 18.0 Å². The lowest BCUT2D eigenvalue weighted by Gasteiger charge is -2.23. The Bertz CT molecular complexity index is 1150. The van der Waals surface area contributed by atoms with Crippen molar-refractivity contribution in [2.45, 2.75) is 32.5 Å². The van der Waals surface area contributed by atoms with E-state index in [-0.39, 0.29) is 23.8 Å². The van der Waals surface area contributed by atoms with E-state index in [1.165, 1.54) is 11.7 Å². The van der Waals surface area contributed by atoms with Gasteiger partial charge in [-0.2, -0.15) is 18.3 Å². The molecule has 4 rings (SSSR count). The molecule has 1 aliphatic rings. The van der Waals surface area contributed by atoms with Crippen molar-refractivity contribution in [3.63, 3.8) is 0 Å². The second kappa shape index (κ2) is 7.75. The zero-order valence-corrected chi connectivity index (χ0v) is 17.3. The van der Waals surface area contributed by atoms with E-state index in [1.807, 2.05) is 6.07 Å². The second-order valence-electron chi connectivity index (χ2n) is 7.23. The molecular weight excluding hydrogens is 413 g/mol. The van der Waals surface area contributed by atoms with Crippen LogP contribution in [-0.2, 0) is 31.2 Å². The Balaban J connectivity index is 1.94. The van der Waals surface area contributed by atoms with Gasteiger partial charge in [-0.1, -0.05) is 0 Å². The monoisotopic (exact) mass is 434 g/mol. The van der Waals surface area contributed by atoms with Crippen LogP contribution in [0.2, 0.25) is 0 Å². The van der Waals surface area contributed by atoms with Crippen molar-refractivity contribution in [2.24, 2.45) is 7.05 Å².